The molecule has 0 bridgehead atoms. The molecule has 2 N–H and O–H groups in total. The minimum atomic E-state index is -0.474. The largest absolute Gasteiger partial charge is 0.325 e. The van der Waals surface area contributed by atoms with Gasteiger partial charge in [0.2, 0.25) is 11.8 Å². The second-order valence-corrected chi connectivity index (χ2v) is 4.02. The molecule has 0 saturated carbocycles. The molecule has 1 aromatic carbocycles. The summed E-state index contributed by atoms with van der Waals surface area (Å²) < 4.78 is 13.1. The van der Waals surface area contributed by atoms with Crippen molar-refractivity contribution >= 4 is 23.2 Å². The van der Waals surface area contributed by atoms with Gasteiger partial charge in [-0.1, -0.05) is 13.8 Å². The third-order valence-electron chi connectivity index (χ3n) is 2.07. The summed E-state index contributed by atoms with van der Waals surface area (Å²) in [5.41, 5.74) is 0.645. The molecule has 92 valence electrons. The first kappa shape index (κ1) is 13.2. The number of carbonyl (C=O) groups excluding carboxylic acids is 2. The minimum Gasteiger partial charge on any atom is -0.325 e. The zero-order valence-electron chi connectivity index (χ0n) is 10.0. The smallest absolute Gasteiger partial charge is 0.226 e. The van der Waals surface area contributed by atoms with Gasteiger partial charge >= 0.3 is 0 Å². The molecule has 0 fully saturated rings. The third-order valence-corrected chi connectivity index (χ3v) is 2.07. The highest BCUT2D eigenvalue weighted by Gasteiger charge is 2.11. The van der Waals surface area contributed by atoms with Crippen LogP contribution in [0.5, 0.6) is 0 Å². The average Bonchev–Trinajstić information content (AvgIpc) is 2.21. The van der Waals surface area contributed by atoms with E-state index < -0.39 is 5.82 Å². The molecule has 0 atom stereocenters. The Bertz CT molecular complexity index is 444. The van der Waals surface area contributed by atoms with Crippen LogP contribution in [0.25, 0.3) is 0 Å². The lowest BCUT2D eigenvalue weighted by atomic mass is 10.2. The molecule has 1 aromatic rings. The Morgan fingerprint density at radius 3 is 2.35 bits per heavy atom. The van der Waals surface area contributed by atoms with E-state index in [0.29, 0.717) is 5.69 Å². The van der Waals surface area contributed by atoms with Gasteiger partial charge in [-0.2, -0.15) is 0 Å². The van der Waals surface area contributed by atoms with Crippen LogP contribution < -0.4 is 10.6 Å². The third kappa shape index (κ3) is 3.86. The van der Waals surface area contributed by atoms with Gasteiger partial charge in [0.15, 0.2) is 0 Å². The number of halogens is 1. The molecule has 0 unspecified atom stereocenters. The fourth-order valence-corrected chi connectivity index (χ4v) is 1.20. The summed E-state index contributed by atoms with van der Waals surface area (Å²) in [5, 5.41) is 5.09. The van der Waals surface area contributed by atoms with Crippen molar-refractivity contribution in [1.82, 2.24) is 0 Å². The van der Waals surface area contributed by atoms with Gasteiger partial charge in [0.25, 0.3) is 0 Å². The first-order valence-corrected chi connectivity index (χ1v) is 5.28. The van der Waals surface area contributed by atoms with Crippen molar-refractivity contribution < 1.29 is 14.0 Å². The van der Waals surface area contributed by atoms with Crippen LogP contribution in [0.3, 0.4) is 0 Å². The van der Waals surface area contributed by atoms with E-state index in [9.17, 15) is 14.0 Å². The quantitative estimate of drug-likeness (QED) is 0.849. The zero-order valence-corrected chi connectivity index (χ0v) is 10.0. The first-order valence-electron chi connectivity index (χ1n) is 5.28. The number of amides is 2. The highest BCUT2D eigenvalue weighted by atomic mass is 19.1. The predicted octanol–water partition coefficient (Wildman–Crippen LogP) is 2.38. The van der Waals surface area contributed by atoms with Crippen LogP contribution >= 0.6 is 0 Å². The molecule has 5 heteroatoms. The van der Waals surface area contributed by atoms with Gasteiger partial charge in [-0.25, -0.2) is 4.39 Å². The van der Waals surface area contributed by atoms with Crippen LogP contribution in [0.4, 0.5) is 15.8 Å². The van der Waals surface area contributed by atoms with Gasteiger partial charge in [0, 0.05) is 12.8 Å². The number of hydrogen-bond donors (Lipinski definition) is 2. The number of anilines is 2. The molecule has 0 radical (unpaired) electrons. The van der Waals surface area contributed by atoms with Crippen LogP contribution in [0.15, 0.2) is 18.2 Å². The van der Waals surface area contributed by atoms with Gasteiger partial charge in [-0.15, -0.1) is 0 Å². The van der Waals surface area contributed by atoms with Crippen molar-refractivity contribution in [2.24, 2.45) is 5.92 Å². The van der Waals surface area contributed by atoms with Crippen molar-refractivity contribution in [1.29, 1.82) is 0 Å². The molecule has 1 rings (SSSR count). The van der Waals surface area contributed by atoms with Crippen molar-refractivity contribution in [2.75, 3.05) is 10.6 Å². The summed E-state index contributed by atoms with van der Waals surface area (Å²) in [6.07, 6.45) is 0. The van der Waals surface area contributed by atoms with E-state index in [1.165, 1.54) is 25.1 Å². The summed E-state index contributed by atoms with van der Waals surface area (Å²) in [6.45, 7) is 4.80. The van der Waals surface area contributed by atoms with Crippen LogP contribution in [0, 0.1) is 11.7 Å². The summed E-state index contributed by atoms with van der Waals surface area (Å²) in [4.78, 5) is 22.5. The Labute approximate surface area is 99.2 Å². The SMILES string of the molecule is CC(=O)Nc1ccc(F)cc1NC(=O)C(C)C. The lowest BCUT2D eigenvalue weighted by Gasteiger charge is -2.12. The molecule has 17 heavy (non-hydrogen) atoms. The Hall–Kier alpha value is -1.91. The van der Waals surface area contributed by atoms with Crippen molar-refractivity contribution in [2.45, 2.75) is 20.8 Å². The second-order valence-electron chi connectivity index (χ2n) is 4.02. The number of nitrogens with one attached hydrogen (secondary N) is 2. The normalized spacial score (nSPS) is 10.2. The van der Waals surface area contributed by atoms with E-state index in [1.54, 1.807) is 13.8 Å². The molecule has 0 aliphatic rings. The van der Waals surface area contributed by atoms with Crippen LogP contribution in [0.2, 0.25) is 0 Å². The topological polar surface area (TPSA) is 58.2 Å². The van der Waals surface area contributed by atoms with Crippen LogP contribution in [-0.2, 0) is 9.59 Å². The molecule has 0 heterocycles. The molecule has 2 amide bonds. The molecular weight excluding hydrogens is 223 g/mol. The second kappa shape index (κ2) is 5.43. The Morgan fingerprint density at radius 1 is 1.18 bits per heavy atom. The highest BCUT2D eigenvalue weighted by Crippen LogP contribution is 2.23. The summed E-state index contributed by atoms with van der Waals surface area (Å²) in [6, 6.07) is 3.80. The Morgan fingerprint density at radius 2 is 1.82 bits per heavy atom. The van der Waals surface area contributed by atoms with Crippen molar-refractivity contribution in [3.63, 3.8) is 0 Å². The molecule has 4 nitrogen and oxygen atoms in total. The monoisotopic (exact) mass is 238 g/mol. The maximum absolute atomic E-state index is 13.1. The van der Waals surface area contributed by atoms with Crippen molar-refractivity contribution in [3.8, 4) is 0 Å². The van der Waals surface area contributed by atoms with E-state index in [2.05, 4.69) is 10.6 Å². The van der Waals surface area contributed by atoms with Gasteiger partial charge in [-0.3, -0.25) is 9.59 Å². The maximum atomic E-state index is 13.1. The van der Waals surface area contributed by atoms with E-state index in [1.807, 2.05) is 0 Å². The predicted molar refractivity (Wildman–Crippen MR) is 64.2 cm³/mol. The van der Waals surface area contributed by atoms with Gasteiger partial charge in [0.05, 0.1) is 11.4 Å². The lowest BCUT2D eigenvalue weighted by Crippen LogP contribution is -2.19. The fraction of sp³-hybridized carbons (Fsp3) is 0.333. The van der Waals surface area contributed by atoms with E-state index in [-0.39, 0.29) is 23.4 Å². The standard InChI is InChI=1S/C12H15FN2O2/c1-7(2)12(17)15-11-6-9(13)4-5-10(11)14-8(3)16/h4-7H,1-3H3,(H,14,16)(H,15,17). The molecule has 0 aromatic heterocycles. The van der Waals surface area contributed by atoms with E-state index >= 15 is 0 Å². The van der Waals surface area contributed by atoms with Gasteiger partial charge < -0.3 is 10.6 Å². The lowest BCUT2D eigenvalue weighted by molar-refractivity contribution is -0.119. The molecule has 0 aliphatic carbocycles. The summed E-state index contributed by atoms with van der Waals surface area (Å²) >= 11 is 0. The van der Waals surface area contributed by atoms with Gasteiger partial charge in [-0.05, 0) is 18.2 Å². The molecule has 0 saturated heterocycles. The Balaban J connectivity index is 2.98. The first-order chi connectivity index (χ1) is 7.90. The van der Waals surface area contributed by atoms with E-state index in [0.717, 1.165) is 0 Å². The van der Waals surface area contributed by atoms with Gasteiger partial charge in [0.1, 0.15) is 5.82 Å². The number of hydrogen-bond acceptors (Lipinski definition) is 2. The molecule has 0 spiro atoms. The highest BCUT2D eigenvalue weighted by molar-refractivity contribution is 5.99. The average molecular weight is 238 g/mol. The maximum Gasteiger partial charge on any atom is 0.226 e. The number of rotatable bonds is 3. The Kier molecular flexibility index (Phi) is 4.20. The summed E-state index contributed by atoms with van der Waals surface area (Å²) in [7, 11) is 0. The molecular formula is C12H15FN2O2. The van der Waals surface area contributed by atoms with Crippen LogP contribution in [0.1, 0.15) is 20.8 Å². The number of benzene rings is 1. The van der Waals surface area contributed by atoms with Crippen molar-refractivity contribution in [3.05, 3.63) is 24.0 Å². The minimum absolute atomic E-state index is 0.219. The summed E-state index contributed by atoms with van der Waals surface area (Å²) in [5.74, 6) is -1.21. The van der Waals surface area contributed by atoms with Crippen LogP contribution in [-0.4, -0.2) is 11.8 Å². The van der Waals surface area contributed by atoms with E-state index in [4.69, 9.17) is 0 Å². The zero-order chi connectivity index (χ0) is 13.0. The molecule has 0 aliphatic heterocycles. The number of carbonyl (C=O) groups is 2. The fourth-order valence-electron chi connectivity index (χ4n) is 1.20.